The van der Waals surface area contributed by atoms with Gasteiger partial charge in [-0.15, -0.1) is 0 Å². The van der Waals surface area contributed by atoms with Gasteiger partial charge in [0.25, 0.3) is 0 Å². The van der Waals surface area contributed by atoms with Gasteiger partial charge in [0, 0.05) is 23.7 Å². The molecule has 0 saturated carbocycles. The molecule has 1 fully saturated rings. The Balaban J connectivity index is 1.92. The molecule has 0 spiro atoms. The SMILES string of the molecule is Cc1cnc2c(O)c(CN3CCC(C)CC3)cc(Cl)c2c1. The maximum absolute atomic E-state index is 10.5. The minimum absolute atomic E-state index is 0.271. The zero-order valence-electron chi connectivity index (χ0n) is 12.6. The number of hydrogen-bond acceptors (Lipinski definition) is 3. The van der Waals surface area contributed by atoms with Crippen LogP contribution >= 0.6 is 11.6 Å². The van der Waals surface area contributed by atoms with Crippen molar-refractivity contribution in [3.8, 4) is 5.75 Å². The lowest BCUT2D eigenvalue weighted by atomic mass is 9.98. The van der Waals surface area contributed by atoms with Gasteiger partial charge in [0.1, 0.15) is 11.3 Å². The van der Waals surface area contributed by atoms with Crippen molar-refractivity contribution in [1.82, 2.24) is 9.88 Å². The number of piperidine rings is 1. The molecule has 3 rings (SSSR count). The van der Waals surface area contributed by atoms with Crippen molar-refractivity contribution in [3.05, 3.63) is 34.5 Å². The fraction of sp³-hybridized carbons (Fsp3) is 0.471. The Kier molecular flexibility index (Phi) is 4.05. The zero-order valence-corrected chi connectivity index (χ0v) is 13.3. The lowest BCUT2D eigenvalue weighted by Crippen LogP contribution is -2.32. The third kappa shape index (κ3) is 2.99. The van der Waals surface area contributed by atoms with E-state index in [1.165, 1.54) is 12.8 Å². The number of likely N-dealkylation sites (tertiary alicyclic amines) is 1. The van der Waals surface area contributed by atoms with E-state index in [-0.39, 0.29) is 5.75 Å². The van der Waals surface area contributed by atoms with Gasteiger partial charge in [0.15, 0.2) is 0 Å². The third-order valence-corrected chi connectivity index (χ3v) is 4.69. The van der Waals surface area contributed by atoms with Gasteiger partial charge in [-0.05, 0) is 56.5 Å². The molecule has 1 aromatic heterocycles. The third-order valence-electron chi connectivity index (χ3n) is 4.38. The summed E-state index contributed by atoms with van der Waals surface area (Å²) in [5.41, 5.74) is 2.52. The number of rotatable bonds is 2. The van der Waals surface area contributed by atoms with Crippen LogP contribution in [0.25, 0.3) is 10.9 Å². The summed E-state index contributed by atoms with van der Waals surface area (Å²) in [6.07, 6.45) is 4.21. The van der Waals surface area contributed by atoms with Crippen molar-refractivity contribution in [1.29, 1.82) is 0 Å². The first kappa shape index (κ1) is 14.6. The van der Waals surface area contributed by atoms with Crippen LogP contribution < -0.4 is 0 Å². The molecule has 1 N–H and O–H groups in total. The molecule has 2 heterocycles. The van der Waals surface area contributed by atoms with Gasteiger partial charge in [-0.25, -0.2) is 0 Å². The maximum atomic E-state index is 10.5. The highest BCUT2D eigenvalue weighted by molar-refractivity contribution is 6.35. The Hall–Kier alpha value is -1.32. The van der Waals surface area contributed by atoms with Crippen molar-refractivity contribution in [2.45, 2.75) is 33.2 Å². The normalized spacial score (nSPS) is 17.5. The number of pyridine rings is 1. The van der Waals surface area contributed by atoms with Crippen LogP contribution in [0.5, 0.6) is 5.75 Å². The Morgan fingerprint density at radius 2 is 2.05 bits per heavy atom. The van der Waals surface area contributed by atoms with Gasteiger partial charge < -0.3 is 5.11 Å². The number of aryl methyl sites for hydroxylation is 1. The summed E-state index contributed by atoms with van der Waals surface area (Å²) in [5, 5.41) is 12.0. The highest BCUT2D eigenvalue weighted by Gasteiger charge is 2.19. The molecule has 112 valence electrons. The van der Waals surface area contributed by atoms with Gasteiger partial charge in [-0.2, -0.15) is 0 Å². The number of hydrogen-bond donors (Lipinski definition) is 1. The Bertz CT molecular complexity index is 663. The molecule has 0 aliphatic carbocycles. The second kappa shape index (κ2) is 5.82. The number of phenols is 1. The number of nitrogens with zero attached hydrogens (tertiary/aromatic N) is 2. The number of halogens is 1. The number of phenolic OH excluding ortho intramolecular Hbond substituents is 1. The van der Waals surface area contributed by atoms with Crippen molar-refractivity contribution in [2.75, 3.05) is 13.1 Å². The van der Waals surface area contributed by atoms with E-state index >= 15 is 0 Å². The van der Waals surface area contributed by atoms with Gasteiger partial charge >= 0.3 is 0 Å². The summed E-state index contributed by atoms with van der Waals surface area (Å²) >= 11 is 6.38. The van der Waals surface area contributed by atoms with E-state index in [2.05, 4.69) is 16.8 Å². The van der Waals surface area contributed by atoms with Crippen molar-refractivity contribution in [2.24, 2.45) is 5.92 Å². The minimum atomic E-state index is 0.271. The van der Waals surface area contributed by atoms with Gasteiger partial charge in [0.05, 0.1) is 5.02 Å². The second-order valence-corrected chi connectivity index (χ2v) is 6.64. The van der Waals surface area contributed by atoms with Gasteiger partial charge in [0.2, 0.25) is 0 Å². The average Bonchev–Trinajstić information content (AvgIpc) is 2.47. The number of aromatic hydroxyl groups is 1. The molecule has 2 aromatic rings. The van der Waals surface area contributed by atoms with Crippen LogP contribution in [0.4, 0.5) is 0 Å². The van der Waals surface area contributed by atoms with Gasteiger partial charge in [-0.1, -0.05) is 18.5 Å². The Morgan fingerprint density at radius 3 is 2.76 bits per heavy atom. The summed E-state index contributed by atoms with van der Waals surface area (Å²) in [5.74, 6) is 1.08. The average molecular weight is 305 g/mol. The molecular formula is C17H21ClN2O. The predicted octanol–water partition coefficient (Wildman–Crippen LogP) is 4.13. The summed E-state index contributed by atoms with van der Waals surface area (Å²) in [6.45, 7) is 7.18. The molecule has 0 unspecified atom stereocenters. The number of fused-ring (bicyclic) bond motifs is 1. The van der Waals surface area contributed by atoms with Crippen LogP contribution in [-0.2, 0) is 6.54 Å². The Morgan fingerprint density at radius 1 is 1.33 bits per heavy atom. The maximum Gasteiger partial charge on any atom is 0.146 e. The highest BCUT2D eigenvalue weighted by Crippen LogP contribution is 2.34. The molecule has 3 nitrogen and oxygen atoms in total. The Labute approximate surface area is 130 Å². The molecule has 21 heavy (non-hydrogen) atoms. The van der Waals surface area contributed by atoms with Crippen LogP contribution in [0.3, 0.4) is 0 Å². The number of benzene rings is 1. The topological polar surface area (TPSA) is 36.4 Å². The first-order valence-electron chi connectivity index (χ1n) is 7.53. The molecule has 1 aromatic carbocycles. The molecule has 1 aliphatic heterocycles. The fourth-order valence-corrected chi connectivity index (χ4v) is 3.25. The molecule has 0 bridgehead atoms. The second-order valence-electron chi connectivity index (χ2n) is 6.23. The quantitative estimate of drug-likeness (QED) is 0.906. The monoisotopic (exact) mass is 304 g/mol. The first-order valence-corrected chi connectivity index (χ1v) is 7.91. The van der Waals surface area contributed by atoms with Gasteiger partial charge in [-0.3, -0.25) is 9.88 Å². The van der Waals surface area contributed by atoms with E-state index in [0.29, 0.717) is 10.5 Å². The van der Waals surface area contributed by atoms with E-state index in [9.17, 15) is 5.11 Å². The largest absolute Gasteiger partial charge is 0.505 e. The molecule has 0 amide bonds. The van der Waals surface area contributed by atoms with Crippen LogP contribution in [0.2, 0.25) is 5.02 Å². The highest BCUT2D eigenvalue weighted by atomic mass is 35.5. The van der Waals surface area contributed by atoms with E-state index in [1.54, 1.807) is 6.20 Å². The van der Waals surface area contributed by atoms with Crippen LogP contribution in [0.15, 0.2) is 18.3 Å². The molecule has 0 atom stereocenters. The van der Waals surface area contributed by atoms with E-state index in [1.807, 2.05) is 19.1 Å². The van der Waals surface area contributed by atoms with Crippen LogP contribution in [0.1, 0.15) is 30.9 Å². The minimum Gasteiger partial charge on any atom is -0.505 e. The summed E-state index contributed by atoms with van der Waals surface area (Å²) in [7, 11) is 0. The van der Waals surface area contributed by atoms with Crippen LogP contribution in [0, 0.1) is 12.8 Å². The summed E-state index contributed by atoms with van der Waals surface area (Å²) < 4.78 is 0. The zero-order chi connectivity index (χ0) is 15.0. The number of aromatic nitrogens is 1. The lowest BCUT2D eigenvalue weighted by molar-refractivity contribution is 0.184. The van der Waals surface area contributed by atoms with E-state index in [0.717, 1.165) is 42.1 Å². The molecule has 4 heteroatoms. The summed E-state index contributed by atoms with van der Waals surface area (Å²) in [6, 6.07) is 3.86. The fourth-order valence-electron chi connectivity index (χ4n) is 2.97. The van der Waals surface area contributed by atoms with Crippen molar-refractivity contribution >= 4 is 22.5 Å². The van der Waals surface area contributed by atoms with Crippen molar-refractivity contribution < 1.29 is 5.11 Å². The van der Waals surface area contributed by atoms with E-state index in [4.69, 9.17) is 11.6 Å². The first-order chi connectivity index (χ1) is 10.0. The molecule has 0 radical (unpaired) electrons. The summed E-state index contributed by atoms with van der Waals surface area (Å²) in [4.78, 5) is 6.73. The predicted molar refractivity (Wildman–Crippen MR) is 86.8 cm³/mol. The molecule has 1 saturated heterocycles. The van der Waals surface area contributed by atoms with Crippen molar-refractivity contribution in [3.63, 3.8) is 0 Å². The lowest BCUT2D eigenvalue weighted by Gasteiger charge is -2.30. The van der Waals surface area contributed by atoms with Crippen LogP contribution in [-0.4, -0.2) is 28.1 Å². The molecule has 1 aliphatic rings. The smallest absolute Gasteiger partial charge is 0.146 e. The standard InChI is InChI=1S/C17H21ClN2O/c1-11-3-5-20(6-4-11)10-13-8-15(18)14-7-12(2)9-19-16(14)17(13)21/h7-9,11,21H,3-6,10H2,1-2H3. The van der Waals surface area contributed by atoms with E-state index < -0.39 is 0 Å². The molecular weight excluding hydrogens is 284 g/mol.